The molecule has 9 nitrogen and oxygen atoms in total. The molecule has 2 aliphatic rings. The molecule has 0 radical (unpaired) electrons. The molecule has 0 saturated carbocycles. The molecule has 1 aromatic rings. The van der Waals surface area contributed by atoms with Gasteiger partial charge in [0, 0.05) is 39.3 Å². The van der Waals surface area contributed by atoms with E-state index in [1.807, 2.05) is 18.7 Å². The van der Waals surface area contributed by atoms with Gasteiger partial charge in [-0.2, -0.15) is 4.31 Å². The number of amides is 1. The predicted molar refractivity (Wildman–Crippen MR) is 116 cm³/mol. The van der Waals surface area contributed by atoms with E-state index in [0.717, 1.165) is 13.1 Å². The van der Waals surface area contributed by atoms with Gasteiger partial charge in [-0.05, 0) is 40.0 Å². The second-order valence-electron chi connectivity index (χ2n) is 9.14. The molecule has 0 aromatic carbocycles. The lowest BCUT2D eigenvalue weighted by molar-refractivity contribution is -0.145. The van der Waals surface area contributed by atoms with Crippen LogP contribution in [0.5, 0.6) is 0 Å². The molecular weight excluding hydrogens is 420 g/mol. The second-order valence-corrected chi connectivity index (χ2v) is 11.0. The van der Waals surface area contributed by atoms with Crippen LogP contribution >= 0.6 is 0 Å². The molecule has 0 N–H and O–H groups in total. The standard InChI is InChI=1S/C21H36N4O5S/c1-14(2)19(24-12-15(3)29-16(4)13-24)21(26)23-8-7-9-25(11-10-23)31(27,28)20-17(5)22-30-18(20)6/h14-16,19H,7-13H2,1-6H3. The topological polar surface area (TPSA) is 96.2 Å². The fourth-order valence-electron chi connectivity index (χ4n) is 4.82. The molecule has 2 fully saturated rings. The van der Waals surface area contributed by atoms with Crippen molar-refractivity contribution in [3.63, 3.8) is 0 Å². The number of hydrogen-bond donors (Lipinski definition) is 0. The van der Waals surface area contributed by atoms with Crippen LogP contribution in [0.4, 0.5) is 0 Å². The number of sulfonamides is 1. The van der Waals surface area contributed by atoms with Gasteiger partial charge in [-0.25, -0.2) is 8.42 Å². The van der Waals surface area contributed by atoms with Crippen LogP contribution in [0.1, 0.15) is 45.6 Å². The molecular formula is C21H36N4O5S. The lowest BCUT2D eigenvalue weighted by atomic mass is 9.99. The Kier molecular flexibility index (Phi) is 7.45. The monoisotopic (exact) mass is 456 g/mol. The van der Waals surface area contributed by atoms with Crippen LogP contribution in [0, 0.1) is 19.8 Å². The Morgan fingerprint density at radius 2 is 1.71 bits per heavy atom. The van der Waals surface area contributed by atoms with Gasteiger partial charge in [0.1, 0.15) is 10.6 Å². The Morgan fingerprint density at radius 3 is 2.26 bits per heavy atom. The SMILES string of the molecule is Cc1noc(C)c1S(=O)(=O)N1CCCN(C(=O)C(C(C)C)N2CC(C)OC(C)C2)CC1. The van der Waals surface area contributed by atoms with Crippen molar-refractivity contribution in [1.82, 2.24) is 19.3 Å². The van der Waals surface area contributed by atoms with Gasteiger partial charge in [-0.3, -0.25) is 9.69 Å². The summed E-state index contributed by atoms with van der Waals surface area (Å²) in [6.07, 6.45) is 0.755. The van der Waals surface area contributed by atoms with Crippen molar-refractivity contribution < 1.29 is 22.5 Å². The molecule has 10 heteroatoms. The highest BCUT2D eigenvalue weighted by molar-refractivity contribution is 7.89. The van der Waals surface area contributed by atoms with E-state index in [0.29, 0.717) is 37.5 Å². The van der Waals surface area contributed by atoms with Gasteiger partial charge in [0.25, 0.3) is 0 Å². The summed E-state index contributed by atoms with van der Waals surface area (Å²) in [5.41, 5.74) is 0.366. The van der Waals surface area contributed by atoms with Crippen molar-refractivity contribution in [2.24, 2.45) is 5.92 Å². The number of ether oxygens (including phenoxy) is 1. The summed E-state index contributed by atoms with van der Waals surface area (Å²) >= 11 is 0. The summed E-state index contributed by atoms with van der Waals surface area (Å²) in [6, 6.07) is -0.237. The first-order valence-corrected chi connectivity index (χ1v) is 12.6. The third-order valence-electron chi connectivity index (χ3n) is 6.06. The Hall–Kier alpha value is -1.49. The average Bonchev–Trinajstić information content (AvgIpc) is 2.87. The molecule has 3 unspecified atom stereocenters. The molecule has 31 heavy (non-hydrogen) atoms. The van der Waals surface area contributed by atoms with E-state index >= 15 is 0 Å². The highest BCUT2D eigenvalue weighted by Crippen LogP contribution is 2.25. The van der Waals surface area contributed by atoms with Crippen LogP contribution in [-0.4, -0.2) is 91.1 Å². The van der Waals surface area contributed by atoms with Gasteiger partial charge in [-0.1, -0.05) is 19.0 Å². The summed E-state index contributed by atoms with van der Waals surface area (Å²) < 4.78 is 38.7. The fraction of sp³-hybridized carbons (Fsp3) is 0.810. The van der Waals surface area contributed by atoms with E-state index in [1.165, 1.54) is 4.31 Å². The molecule has 1 aromatic heterocycles. The minimum atomic E-state index is -3.71. The van der Waals surface area contributed by atoms with E-state index < -0.39 is 10.0 Å². The van der Waals surface area contributed by atoms with Crippen molar-refractivity contribution >= 4 is 15.9 Å². The second kappa shape index (κ2) is 9.56. The average molecular weight is 457 g/mol. The number of carbonyl (C=O) groups excluding carboxylic acids is 1. The summed E-state index contributed by atoms with van der Waals surface area (Å²) in [4.78, 5) is 17.8. The number of aryl methyl sites for hydroxylation is 2. The van der Waals surface area contributed by atoms with Gasteiger partial charge >= 0.3 is 0 Å². The smallest absolute Gasteiger partial charge is 0.248 e. The Balaban J connectivity index is 1.74. The minimum absolute atomic E-state index is 0.0767. The number of carbonyl (C=O) groups is 1. The van der Waals surface area contributed by atoms with Crippen molar-refractivity contribution in [2.75, 3.05) is 39.3 Å². The first-order valence-electron chi connectivity index (χ1n) is 11.1. The fourth-order valence-corrected chi connectivity index (χ4v) is 6.58. The van der Waals surface area contributed by atoms with Gasteiger partial charge in [0.15, 0.2) is 5.76 Å². The molecule has 0 aliphatic carbocycles. The molecule has 176 valence electrons. The van der Waals surface area contributed by atoms with Crippen molar-refractivity contribution in [3.8, 4) is 0 Å². The quantitative estimate of drug-likeness (QED) is 0.665. The lowest BCUT2D eigenvalue weighted by Crippen LogP contribution is -2.58. The largest absolute Gasteiger partial charge is 0.373 e. The molecule has 0 bridgehead atoms. The third-order valence-corrected chi connectivity index (χ3v) is 8.20. The van der Waals surface area contributed by atoms with Gasteiger partial charge in [0.05, 0.1) is 18.2 Å². The Bertz CT molecular complexity index is 855. The van der Waals surface area contributed by atoms with Crippen molar-refractivity contribution in [2.45, 2.75) is 71.1 Å². The third kappa shape index (κ3) is 5.13. The van der Waals surface area contributed by atoms with Gasteiger partial charge in [0.2, 0.25) is 15.9 Å². The summed E-state index contributed by atoms with van der Waals surface area (Å²) in [7, 11) is -3.71. The molecule has 1 amide bonds. The van der Waals surface area contributed by atoms with E-state index in [9.17, 15) is 13.2 Å². The summed E-state index contributed by atoms with van der Waals surface area (Å²) in [6.45, 7) is 14.4. The van der Waals surface area contributed by atoms with Crippen LogP contribution in [0.3, 0.4) is 0 Å². The molecule has 3 atom stereocenters. The summed E-state index contributed by atoms with van der Waals surface area (Å²) in [5, 5.41) is 3.79. The molecule has 3 heterocycles. The maximum Gasteiger partial charge on any atom is 0.248 e. The van der Waals surface area contributed by atoms with E-state index in [4.69, 9.17) is 9.26 Å². The number of nitrogens with zero attached hydrogens (tertiary/aromatic N) is 4. The van der Waals surface area contributed by atoms with E-state index in [1.54, 1.807) is 13.8 Å². The first kappa shape index (κ1) is 24.2. The highest BCUT2D eigenvalue weighted by atomic mass is 32.2. The number of aromatic nitrogens is 1. The number of morpholine rings is 1. The lowest BCUT2D eigenvalue weighted by Gasteiger charge is -2.42. The van der Waals surface area contributed by atoms with Gasteiger partial charge < -0.3 is 14.2 Å². The zero-order valence-corrected chi connectivity index (χ0v) is 20.3. The maximum absolute atomic E-state index is 13.5. The predicted octanol–water partition coefficient (Wildman–Crippen LogP) is 1.65. The van der Waals surface area contributed by atoms with Crippen LogP contribution in [0.2, 0.25) is 0 Å². The summed E-state index contributed by atoms with van der Waals surface area (Å²) in [5.74, 6) is 0.522. The molecule has 2 saturated heterocycles. The normalized spacial score (nSPS) is 25.6. The zero-order valence-electron chi connectivity index (χ0n) is 19.5. The Labute approximate surface area is 185 Å². The van der Waals surface area contributed by atoms with Gasteiger partial charge in [-0.15, -0.1) is 0 Å². The van der Waals surface area contributed by atoms with Crippen molar-refractivity contribution in [3.05, 3.63) is 11.5 Å². The van der Waals surface area contributed by atoms with Crippen LogP contribution in [0.25, 0.3) is 0 Å². The molecule has 3 rings (SSSR count). The van der Waals surface area contributed by atoms with E-state index in [2.05, 4.69) is 23.9 Å². The molecule has 2 aliphatic heterocycles. The number of rotatable bonds is 5. The first-order chi connectivity index (χ1) is 14.5. The van der Waals surface area contributed by atoms with Crippen molar-refractivity contribution in [1.29, 1.82) is 0 Å². The molecule has 0 spiro atoms. The van der Waals surface area contributed by atoms with Crippen LogP contribution in [-0.2, 0) is 19.6 Å². The number of hydrogen-bond acceptors (Lipinski definition) is 7. The van der Waals surface area contributed by atoms with E-state index in [-0.39, 0.29) is 41.5 Å². The highest BCUT2D eigenvalue weighted by Gasteiger charge is 2.38. The van der Waals surface area contributed by atoms with Crippen LogP contribution < -0.4 is 0 Å². The zero-order chi connectivity index (χ0) is 22.9. The minimum Gasteiger partial charge on any atom is -0.373 e. The maximum atomic E-state index is 13.5. The Morgan fingerprint density at radius 1 is 1.06 bits per heavy atom. The van der Waals surface area contributed by atoms with Crippen LogP contribution in [0.15, 0.2) is 9.42 Å².